The molecule has 2 aromatic rings. The number of hydrogen-bond donors (Lipinski definition) is 2. The van der Waals surface area contributed by atoms with Gasteiger partial charge in [-0.1, -0.05) is 11.6 Å². The number of aryl methyl sites for hydroxylation is 1. The van der Waals surface area contributed by atoms with Crippen LogP contribution in [0.1, 0.15) is 33.2 Å². The summed E-state index contributed by atoms with van der Waals surface area (Å²) < 4.78 is 0. The fourth-order valence-electron chi connectivity index (χ4n) is 1.81. The number of phenols is 1. The van der Waals surface area contributed by atoms with Crippen LogP contribution in [-0.4, -0.2) is 21.8 Å². The van der Waals surface area contributed by atoms with E-state index in [1.807, 2.05) is 0 Å². The van der Waals surface area contributed by atoms with Crippen LogP contribution in [0.3, 0.4) is 0 Å². The third kappa shape index (κ3) is 3.38. The van der Waals surface area contributed by atoms with Crippen LogP contribution in [0.25, 0.3) is 0 Å². The largest absolute Gasteiger partial charge is 0.506 e. The number of aromatic nitrogens is 1. The van der Waals surface area contributed by atoms with Gasteiger partial charge in [-0.15, -0.1) is 0 Å². The first-order valence-electron chi connectivity index (χ1n) is 6.16. The molecule has 0 spiro atoms. The molecular weight excluding hydrogens is 292 g/mol. The van der Waals surface area contributed by atoms with Gasteiger partial charge < -0.3 is 10.4 Å². The van der Waals surface area contributed by atoms with E-state index in [1.54, 1.807) is 13.0 Å². The first-order valence-corrected chi connectivity index (χ1v) is 6.53. The molecule has 2 N–H and O–H groups in total. The van der Waals surface area contributed by atoms with Crippen molar-refractivity contribution in [2.24, 2.45) is 0 Å². The van der Waals surface area contributed by atoms with Gasteiger partial charge in [0.25, 0.3) is 5.91 Å². The molecule has 1 aromatic heterocycles. The summed E-state index contributed by atoms with van der Waals surface area (Å²) >= 11 is 5.74. The van der Waals surface area contributed by atoms with Crippen molar-refractivity contribution in [1.82, 2.24) is 4.98 Å². The van der Waals surface area contributed by atoms with Crippen LogP contribution < -0.4 is 5.32 Å². The standard InChI is InChI=1S/C15H13ClN2O3/c1-8-5-14(16)17-7-11(8)15(21)18-12-4-3-10(9(2)19)6-13(12)20/h3-7,20H,1-2H3,(H,18,21). The third-order valence-electron chi connectivity index (χ3n) is 2.97. The van der Waals surface area contributed by atoms with Crippen LogP contribution in [0.5, 0.6) is 5.75 Å². The maximum absolute atomic E-state index is 12.1. The molecule has 0 fully saturated rings. The molecule has 1 heterocycles. The number of phenolic OH excluding ortho intramolecular Hbond substituents is 1. The maximum atomic E-state index is 12.1. The Morgan fingerprint density at radius 1 is 1.29 bits per heavy atom. The van der Waals surface area contributed by atoms with Crippen molar-refractivity contribution in [3.05, 3.63) is 52.3 Å². The first-order chi connectivity index (χ1) is 9.88. The lowest BCUT2D eigenvalue weighted by Gasteiger charge is -2.09. The first kappa shape index (κ1) is 15.0. The molecule has 2 rings (SSSR count). The molecule has 0 bridgehead atoms. The number of benzene rings is 1. The lowest BCUT2D eigenvalue weighted by Crippen LogP contribution is -2.14. The second-order valence-electron chi connectivity index (χ2n) is 4.56. The number of nitrogens with one attached hydrogen (secondary N) is 1. The average molecular weight is 305 g/mol. The number of pyridine rings is 1. The number of carbonyl (C=O) groups excluding carboxylic acids is 2. The lowest BCUT2D eigenvalue weighted by molar-refractivity contribution is 0.101. The summed E-state index contributed by atoms with van der Waals surface area (Å²) in [6, 6.07) is 5.90. The van der Waals surface area contributed by atoms with E-state index in [0.717, 1.165) is 0 Å². The molecule has 108 valence electrons. The second-order valence-corrected chi connectivity index (χ2v) is 4.95. The molecule has 0 aliphatic carbocycles. The van der Waals surface area contributed by atoms with Crippen LogP contribution in [0, 0.1) is 6.92 Å². The van der Waals surface area contributed by atoms with Crippen molar-refractivity contribution < 1.29 is 14.7 Å². The predicted molar refractivity (Wildman–Crippen MR) is 80.0 cm³/mol. The Balaban J connectivity index is 2.25. The zero-order valence-electron chi connectivity index (χ0n) is 11.5. The van der Waals surface area contributed by atoms with Crippen LogP contribution in [-0.2, 0) is 0 Å². The molecule has 0 saturated carbocycles. The Bertz CT molecular complexity index is 729. The Labute approximate surface area is 126 Å². The van der Waals surface area contributed by atoms with Crippen LogP contribution in [0.2, 0.25) is 5.15 Å². The molecule has 0 saturated heterocycles. The van der Waals surface area contributed by atoms with Gasteiger partial charge in [0.15, 0.2) is 5.78 Å². The summed E-state index contributed by atoms with van der Waals surface area (Å²) in [6.07, 6.45) is 1.37. The summed E-state index contributed by atoms with van der Waals surface area (Å²) in [5.41, 5.74) is 1.62. The van der Waals surface area contributed by atoms with Crippen molar-refractivity contribution >= 4 is 29.0 Å². The summed E-state index contributed by atoms with van der Waals surface area (Å²) in [5, 5.41) is 12.7. The highest BCUT2D eigenvalue weighted by molar-refractivity contribution is 6.29. The topological polar surface area (TPSA) is 79.3 Å². The van der Waals surface area contributed by atoms with Crippen LogP contribution in [0.4, 0.5) is 5.69 Å². The number of aromatic hydroxyl groups is 1. The fourth-order valence-corrected chi connectivity index (χ4v) is 2.02. The highest BCUT2D eigenvalue weighted by Crippen LogP contribution is 2.25. The number of carbonyl (C=O) groups is 2. The van der Waals surface area contributed by atoms with Gasteiger partial charge in [0, 0.05) is 11.8 Å². The summed E-state index contributed by atoms with van der Waals surface area (Å²) in [4.78, 5) is 27.2. The number of nitrogens with zero attached hydrogens (tertiary/aromatic N) is 1. The summed E-state index contributed by atoms with van der Waals surface area (Å²) in [7, 11) is 0. The minimum atomic E-state index is -0.414. The van der Waals surface area contributed by atoms with E-state index in [-0.39, 0.29) is 17.2 Å². The third-order valence-corrected chi connectivity index (χ3v) is 3.18. The van der Waals surface area contributed by atoms with E-state index in [2.05, 4.69) is 10.3 Å². The van der Waals surface area contributed by atoms with Gasteiger partial charge in [0.2, 0.25) is 0 Å². The molecule has 0 atom stereocenters. The molecule has 1 amide bonds. The van der Waals surface area contributed by atoms with Gasteiger partial charge in [-0.05, 0) is 43.7 Å². The number of hydrogen-bond acceptors (Lipinski definition) is 4. The van der Waals surface area contributed by atoms with Crippen LogP contribution in [0.15, 0.2) is 30.5 Å². The number of anilines is 1. The van der Waals surface area contributed by atoms with Crippen LogP contribution >= 0.6 is 11.6 Å². The molecule has 0 radical (unpaired) electrons. The van der Waals surface area contributed by atoms with Crippen molar-refractivity contribution in [1.29, 1.82) is 0 Å². The average Bonchev–Trinajstić information content (AvgIpc) is 2.40. The van der Waals surface area contributed by atoms with Crippen molar-refractivity contribution in [3.63, 3.8) is 0 Å². The van der Waals surface area contributed by atoms with Crippen molar-refractivity contribution in [3.8, 4) is 5.75 Å². The Morgan fingerprint density at radius 3 is 2.57 bits per heavy atom. The van der Waals surface area contributed by atoms with E-state index < -0.39 is 5.91 Å². The number of amides is 1. The van der Waals surface area contributed by atoms with E-state index in [9.17, 15) is 14.7 Å². The zero-order valence-corrected chi connectivity index (χ0v) is 12.2. The monoisotopic (exact) mass is 304 g/mol. The quantitative estimate of drug-likeness (QED) is 0.518. The van der Waals surface area contributed by atoms with Gasteiger partial charge in [-0.2, -0.15) is 0 Å². The smallest absolute Gasteiger partial charge is 0.257 e. The normalized spacial score (nSPS) is 10.2. The van der Waals surface area contributed by atoms with Gasteiger partial charge >= 0.3 is 0 Å². The highest BCUT2D eigenvalue weighted by Gasteiger charge is 2.13. The summed E-state index contributed by atoms with van der Waals surface area (Å²) in [6.45, 7) is 3.14. The Morgan fingerprint density at radius 2 is 2.00 bits per heavy atom. The SMILES string of the molecule is CC(=O)c1ccc(NC(=O)c2cnc(Cl)cc2C)c(O)c1. The lowest BCUT2D eigenvalue weighted by atomic mass is 10.1. The molecule has 1 aromatic carbocycles. The van der Waals surface area contributed by atoms with Crippen molar-refractivity contribution in [2.75, 3.05) is 5.32 Å². The Kier molecular flexibility index (Phi) is 4.23. The fraction of sp³-hybridized carbons (Fsp3) is 0.133. The zero-order chi connectivity index (χ0) is 15.6. The van der Waals surface area contributed by atoms with E-state index in [0.29, 0.717) is 21.8 Å². The number of ketones is 1. The molecule has 21 heavy (non-hydrogen) atoms. The molecule has 5 nitrogen and oxygen atoms in total. The molecule has 0 aliphatic rings. The van der Waals surface area contributed by atoms with Gasteiger partial charge in [-0.3, -0.25) is 9.59 Å². The maximum Gasteiger partial charge on any atom is 0.257 e. The molecule has 6 heteroatoms. The molecule has 0 unspecified atom stereocenters. The van der Waals surface area contributed by atoms with E-state index >= 15 is 0 Å². The second kappa shape index (κ2) is 5.93. The minimum Gasteiger partial charge on any atom is -0.506 e. The van der Waals surface area contributed by atoms with Crippen molar-refractivity contribution in [2.45, 2.75) is 13.8 Å². The van der Waals surface area contributed by atoms with E-state index in [1.165, 1.54) is 31.3 Å². The predicted octanol–water partition coefficient (Wildman–Crippen LogP) is 3.20. The summed E-state index contributed by atoms with van der Waals surface area (Å²) in [5.74, 6) is -0.751. The van der Waals surface area contributed by atoms with Gasteiger partial charge in [-0.25, -0.2) is 4.98 Å². The van der Waals surface area contributed by atoms with E-state index in [4.69, 9.17) is 11.6 Å². The Hall–Kier alpha value is -2.40. The highest BCUT2D eigenvalue weighted by atomic mass is 35.5. The molecule has 0 aliphatic heterocycles. The molecular formula is C15H13ClN2O3. The van der Waals surface area contributed by atoms with Gasteiger partial charge in [0.1, 0.15) is 10.9 Å². The van der Waals surface area contributed by atoms with Gasteiger partial charge in [0.05, 0.1) is 11.3 Å². The minimum absolute atomic E-state index is 0.166. The number of Topliss-reactive ketones (excluding diaryl/α,β-unsaturated/α-hetero) is 1. The number of halogens is 1. The number of rotatable bonds is 3.